The summed E-state index contributed by atoms with van der Waals surface area (Å²) in [6.07, 6.45) is 3.59. The molecule has 1 aliphatic heterocycles. The highest BCUT2D eigenvalue weighted by molar-refractivity contribution is 5.89. The maximum absolute atomic E-state index is 14.6. The molecule has 1 aliphatic rings. The molecule has 0 aliphatic carbocycles. The average molecular weight is 351 g/mol. The van der Waals surface area contributed by atoms with Gasteiger partial charge < -0.3 is 16.2 Å². The van der Waals surface area contributed by atoms with Crippen LogP contribution in [-0.4, -0.2) is 29.5 Å². The molecule has 4 heterocycles. The molecule has 0 saturated carbocycles. The molecule has 4 N–H and O–H groups in total. The molecule has 1 atom stereocenters. The lowest BCUT2D eigenvalue weighted by atomic mass is 9.99. The van der Waals surface area contributed by atoms with Gasteiger partial charge >= 0.3 is 0 Å². The van der Waals surface area contributed by atoms with Gasteiger partial charge in [-0.15, -0.1) is 5.10 Å². The van der Waals surface area contributed by atoms with Crippen LogP contribution in [-0.2, 0) is 7.05 Å². The zero-order valence-corrected chi connectivity index (χ0v) is 13.7. The summed E-state index contributed by atoms with van der Waals surface area (Å²) in [4.78, 5) is 4.40. The maximum atomic E-state index is 14.6. The van der Waals surface area contributed by atoms with Crippen LogP contribution in [0.2, 0.25) is 0 Å². The van der Waals surface area contributed by atoms with Crippen molar-refractivity contribution >= 4 is 17.3 Å². The van der Waals surface area contributed by atoms with E-state index in [1.165, 1.54) is 6.07 Å². The van der Waals surface area contributed by atoms with Crippen LogP contribution in [0.25, 0.3) is 16.8 Å². The fraction of sp³-hybridized carbons (Fsp3) is 0.118. The SMILES string of the molecule is Cn1cc2c(n1)NC(c1ccc(O)cc1F)c1ccn3nc(N)nc-2c13. The highest BCUT2D eigenvalue weighted by Crippen LogP contribution is 2.41. The monoisotopic (exact) mass is 351 g/mol. The summed E-state index contributed by atoms with van der Waals surface area (Å²) in [7, 11) is 1.80. The van der Waals surface area contributed by atoms with Gasteiger partial charge in [0.05, 0.1) is 17.1 Å². The molecular weight excluding hydrogens is 337 g/mol. The molecule has 3 aromatic heterocycles. The molecule has 0 amide bonds. The van der Waals surface area contributed by atoms with Gasteiger partial charge in [0.15, 0.2) is 5.82 Å². The number of halogens is 1. The van der Waals surface area contributed by atoms with Crippen LogP contribution in [0.4, 0.5) is 16.2 Å². The Kier molecular flexibility index (Phi) is 2.80. The number of phenolic OH excluding ortho intramolecular Hbond substituents is 1. The van der Waals surface area contributed by atoms with Crippen molar-refractivity contribution < 1.29 is 9.50 Å². The molecular formula is C17H14FN7O. The molecule has 0 radical (unpaired) electrons. The van der Waals surface area contributed by atoms with Gasteiger partial charge in [0.1, 0.15) is 17.3 Å². The molecule has 26 heavy (non-hydrogen) atoms. The minimum atomic E-state index is -0.525. The van der Waals surface area contributed by atoms with Crippen molar-refractivity contribution in [1.82, 2.24) is 24.4 Å². The van der Waals surface area contributed by atoms with Crippen LogP contribution in [0.3, 0.4) is 0 Å². The minimum Gasteiger partial charge on any atom is -0.508 e. The summed E-state index contributed by atoms with van der Waals surface area (Å²) in [6, 6.07) is 5.43. The zero-order valence-electron chi connectivity index (χ0n) is 13.7. The fourth-order valence-electron chi connectivity index (χ4n) is 3.46. The van der Waals surface area contributed by atoms with Crippen LogP contribution in [0.5, 0.6) is 5.75 Å². The van der Waals surface area contributed by atoms with Gasteiger partial charge in [-0.25, -0.2) is 13.9 Å². The summed E-state index contributed by atoms with van der Waals surface area (Å²) in [5.74, 6) is 0.0657. The first-order valence-electron chi connectivity index (χ1n) is 7.95. The highest BCUT2D eigenvalue weighted by atomic mass is 19.1. The van der Waals surface area contributed by atoms with Gasteiger partial charge in [-0.3, -0.25) is 4.68 Å². The van der Waals surface area contributed by atoms with Gasteiger partial charge in [0.2, 0.25) is 5.95 Å². The van der Waals surface area contributed by atoms with E-state index in [1.54, 1.807) is 28.5 Å². The number of fused-ring (bicyclic) bond motifs is 2. The van der Waals surface area contributed by atoms with Gasteiger partial charge in [-0.05, 0) is 12.1 Å². The number of aromatic nitrogens is 5. The summed E-state index contributed by atoms with van der Waals surface area (Å²) in [6.45, 7) is 0. The lowest BCUT2D eigenvalue weighted by Crippen LogP contribution is -2.14. The number of nitrogens with one attached hydrogen (secondary N) is 1. The zero-order chi connectivity index (χ0) is 18.0. The predicted molar refractivity (Wildman–Crippen MR) is 93.1 cm³/mol. The first kappa shape index (κ1) is 14.7. The quantitative estimate of drug-likeness (QED) is 0.485. The third kappa shape index (κ3) is 1.97. The number of rotatable bonds is 1. The number of hydrogen-bond donors (Lipinski definition) is 3. The van der Waals surface area contributed by atoms with E-state index in [0.717, 1.165) is 22.7 Å². The van der Waals surface area contributed by atoms with E-state index in [1.807, 2.05) is 12.3 Å². The third-order valence-electron chi connectivity index (χ3n) is 4.53. The van der Waals surface area contributed by atoms with Crippen LogP contribution in [0, 0.1) is 5.82 Å². The van der Waals surface area contributed by atoms with Crippen LogP contribution >= 0.6 is 0 Å². The standard InChI is InChI=1S/C17H14FN7O/c1-24-7-11-14-15-10(4-5-25(15)23-17(19)21-14)13(20-16(11)22-24)9-3-2-8(26)6-12(9)18/h2-7,13,26H,1H3,(H2,19,23)(H,20,22). The summed E-state index contributed by atoms with van der Waals surface area (Å²) < 4.78 is 17.9. The number of nitrogens with two attached hydrogens (primary N) is 1. The molecule has 1 aromatic carbocycles. The van der Waals surface area contributed by atoms with Gasteiger partial charge in [0, 0.05) is 36.6 Å². The lowest BCUT2D eigenvalue weighted by Gasteiger charge is -2.18. The number of nitrogen functional groups attached to an aromatic ring is 1. The second-order valence-electron chi connectivity index (χ2n) is 6.23. The van der Waals surface area contributed by atoms with E-state index in [9.17, 15) is 9.50 Å². The van der Waals surface area contributed by atoms with Crippen molar-refractivity contribution in [3.8, 4) is 17.0 Å². The van der Waals surface area contributed by atoms with E-state index in [2.05, 4.69) is 20.5 Å². The highest BCUT2D eigenvalue weighted by Gasteiger charge is 2.30. The molecule has 5 rings (SSSR count). The number of hydrogen-bond acceptors (Lipinski definition) is 6. The van der Waals surface area contributed by atoms with E-state index < -0.39 is 11.9 Å². The van der Waals surface area contributed by atoms with E-state index >= 15 is 0 Å². The molecule has 0 bridgehead atoms. The first-order valence-corrected chi connectivity index (χ1v) is 7.95. The Morgan fingerprint density at radius 2 is 2.08 bits per heavy atom. The van der Waals surface area contributed by atoms with E-state index in [0.29, 0.717) is 17.1 Å². The Morgan fingerprint density at radius 3 is 2.88 bits per heavy atom. The first-order chi connectivity index (χ1) is 12.5. The van der Waals surface area contributed by atoms with Crippen molar-refractivity contribution in [1.29, 1.82) is 0 Å². The Balaban J connectivity index is 1.85. The van der Waals surface area contributed by atoms with Gasteiger partial charge in [0.25, 0.3) is 0 Å². The molecule has 130 valence electrons. The lowest BCUT2D eigenvalue weighted by molar-refractivity contribution is 0.467. The topological polar surface area (TPSA) is 106 Å². The molecule has 9 heteroatoms. The van der Waals surface area contributed by atoms with Crippen LogP contribution in [0.15, 0.2) is 36.7 Å². The van der Waals surface area contributed by atoms with E-state index in [-0.39, 0.29) is 11.7 Å². The smallest absolute Gasteiger partial charge is 0.238 e. The van der Waals surface area contributed by atoms with Crippen LogP contribution in [0.1, 0.15) is 17.2 Å². The maximum Gasteiger partial charge on any atom is 0.238 e. The fourth-order valence-corrected chi connectivity index (χ4v) is 3.46. The Morgan fingerprint density at radius 1 is 1.23 bits per heavy atom. The number of phenols is 1. The molecule has 8 nitrogen and oxygen atoms in total. The largest absolute Gasteiger partial charge is 0.508 e. The third-order valence-corrected chi connectivity index (χ3v) is 4.53. The van der Waals surface area contributed by atoms with Crippen LogP contribution < -0.4 is 11.1 Å². The second-order valence-corrected chi connectivity index (χ2v) is 6.23. The van der Waals surface area contributed by atoms with Gasteiger partial charge in [-0.1, -0.05) is 6.07 Å². The summed E-state index contributed by atoms with van der Waals surface area (Å²) >= 11 is 0. The van der Waals surface area contributed by atoms with Crippen molar-refractivity contribution in [2.24, 2.45) is 7.05 Å². The molecule has 1 unspecified atom stereocenters. The van der Waals surface area contributed by atoms with E-state index in [4.69, 9.17) is 5.73 Å². The number of aromatic hydroxyl groups is 1. The number of benzene rings is 1. The number of anilines is 2. The summed E-state index contributed by atoms with van der Waals surface area (Å²) in [5, 5.41) is 21.5. The second kappa shape index (κ2) is 4.94. The minimum absolute atomic E-state index is 0.128. The van der Waals surface area contributed by atoms with Crippen molar-refractivity contribution in [3.05, 3.63) is 53.6 Å². The van der Waals surface area contributed by atoms with Crippen molar-refractivity contribution in [2.45, 2.75) is 6.04 Å². The molecule has 0 saturated heterocycles. The number of aryl methyl sites for hydroxylation is 1. The summed E-state index contributed by atoms with van der Waals surface area (Å²) in [5.41, 5.74) is 9.16. The Labute approximate surface area is 146 Å². The Bertz CT molecular complexity index is 1180. The molecule has 0 fully saturated rings. The van der Waals surface area contributed by atoms with Crippen molar-refractivity contribution in [2.75, 3.05) is 11.1 Å². The molecule has 0 spiro atoms. The predicted octanol–water partition coefficient (Wildman–Crippen LogP) is 2.07. The average Bonchev–Trinajstić information content (AvgIpc) is 3.13. The van der Waals surface area contributed by atoms with Gasteiger partial charge in [-0.2, -0.15) is 5.10 Å². The Hall–Kier alpha value is -3.62. The normalized spacial score (nSPS) is 15.5. The number of nitrogens with zero attached hydrogens (tertiary/aromatic N) is 5. The van der Waals surface area contributed by atoms with Crippen molar-refractivity contribution in [3.63, 3.8) is 0 Å². The molecule has 4 aromatic rings.